The highest BCUT2D eigenvalue weighted by Crippen LogP contribution is 2.41. The average Bonchev–Trinajstić information content (AvgIpc) is 2.88. The first-order chi connectivity index (χ1) is 11.0. The van der Waals surface area contributed by atoms with Gasteiger partial charge in [0.1, 0.15) is 5.92 Å². The van der Waals surface area contributed by atoms with E-state index in [1.54, 1.807) is 36.5 Å². The minimum absolute atomic E-state index is 0.446. The van der Waals surface area contributed by atoms with Crippen LogP contribution in [0.4, 0.5) is 5.69 Å². The van der Waals surface area contributed by atoms with Crippen LogP contribution in [-0.4, -0.2) is 21.8 Å². The lowest BCUT2D eigenvalue weighted by Gasteiger charge is -2.28. The van der Waals surface area contributed by atoms with Gasteiger partial charge in [-0.15, -0.1) is 0 Å². The normalized spacial score (nSPS) is 20.5. The van der Waals surface area contributed by atoms with E-state index in [9.17, 15) is 9.90 Å². The Hall–Kier alpha value is -2.40. The predicted octanol–water partition coefficient (Wildman–Crippen LogP) is 3.68. The van der Waals surface area contributed by atoms with Crippen molar-refractivity contribution < 1.29 is 9.90 Å². The molecule has 0 saturated carbocycles. The molecule has 0 saturated heterocycles. The zero-order valence-corrected chi connectivity index (χ0v) is 13.5. The molecule has 0 spiro atoms. The number of hydrogen-bond acceptors (Lipinski definition) is 4. The van der Waals surface area contributed by atoms with Crippen molar-refractivity contribution in [1.29, 1.82) is 0 Å². The van der Waals surface area contributed by atoms with Gasteiger partial charge in [-0.3, -0.25) is 14.8 Å². The van der Waals surface area contributed by atoms with Crippen molar-refractivity contribution in [3.8, 4) is 0 Å². The monoisotopic (exact) mass is 329 g/mol. The molecule has 2 atom stereocenters. The number of benzene rings is 1. The van der Waals surface area contributed by atoms with Gasteiger partial charge >= 0.3 is 5.97 Å². The van der Waals surface area contributed by atoms with Gasteiger partial charge in [-0.2, -0.15) is 5.10 Å². The molecule has 23 heavy (non-hydrogen) atoms. The summed E-state index contributed by atoms with van der Waals surface area (Å²) in [6, 6.07) is 8.76. The van der Waals surface area contributed by atoms with Gasteiger partial charge in [0.2, 0.25) is 0 Å². The summed E-state index contributed by atoms with van der Waals surface area (Å²) in [4.78, 5) is 15.9. The van der Waals surface area contributed by atoms with Crippen LogP contribution < -0.4 is 5.01 Å². The maximum Gasteiger partial charge on any atom is 0.314 e. The summed E-state index contributed by atoms with van der Waals surface area (Å²) in [5, 5.41) is 16.5. The summed E-state index contributed by atoms with van der Waals surface area (Å²) in [6.07, 6.45) is 3.35. The Bertz CT molecular complexity index is 777. The lowest BCUT2D eigenvalue weighted by Crippen LogP contribution is -2.30. The predicted molar refractivity (Wildman–Crippen MR) is 89.9 cm³/mol. The molecule has 0 aliphatic carbocycles. The number of carbonyl (C=O) groups is 1. The van der Waals surface area contributed by atoms with Crippen molar-refractivity contribution in [2.24, 2.45) is 11.0 Å². The second kappa shape index (κ2) is 6.01. The maximum atomic E-state index is 11.8. The first-order valence-corrected chi connectivity index (χ1v) is 7.60. The molecular formula is C17H16ClN3O2. The smallest absolute Gasteiger partial charge is 0.314 e. The Morgan fingerprint density at radius 1 is 1.26 bits per heavy atom. The highest BCUT2D eigenvalue weighted by atomic mass is 35.5. The number of nitrogens with zero attached hydrogens (tertiary/aromatic N) is 3. The summed E-state index contributed by atoms with van der Waals surface area (Å²) >= 11 is 6.22. The number of rotatable bonds is 3. The molecule has 0 amide bonds. The lowest BCUT2D eigenvalue weighted by molar-refractivity contribution is -0.139. The number of anilines is 1. The Balaban J connectivity index is 2.14. The molecule has 2 aromatic rings. The fourth-order valence-electron chi connectivity index (χ4n) is 2.91. The summed E-state index contributed by atoms with van der Waals surface area (Å²) in [7, 11) is 0. The van der Waals surface area contributed by atoms with Crippen molar-refractivity contribution in [1.82, 2.24) is 4.98 Å². The molecule has 1 N–H and O–H groups in total. The molecule has 6 heteroatoms. The minimum atomic E-state index is -0.901. The molecule has 2 unspecified atom stereocenters. The maximum absolute atomic E-state index is 11.8. The van der Waals surface area contributed by atoms with Crippen LogP contribution in [0.25, 0.3) is 0 Å². The third-order valence-electron chi connectivity index (χ3n) is 4.07. The fourth-order valence-corrected chi connectivity index (χ4v) is 3.08. The van der Waals surface area contributed by atoms with E-state index in [-0.39, 0.29) is 0 Å². The molecule has 1 aliphatic heterocycles. The van der Waals surface area contributed by atoms with Gasteiger partial charge < -0.3 is 5.11 Å². The average molecular weight is 330 g/mol. The molecule has 1 aliphatic rings. The first-order valence-electron chi connectivity index (χ1n) is 7.23. The molecular weight excluding hydrogens is 314 g/mol. The van der Waals surface area contributed by atoms with Gasteiger partial charge in [-0.05, 0) is 43.2 Å². The second-order valence-electron chi connectivity index (χ2n) is 5.52. The molecule has 1 aromatic heterocycles. The van der Waals surface area contributed by atoms with Crippen LogP contribution in [0.3, 0.4) is 0 Å². The van der Waals surface area contributed by atoms with Crippen LogP contribution >= 0.6 is 11.6 Å². The zero-order chi connectivity index (χ0) is 16.6. The summed E-state index contributed by atoms with van der Waals surface area (Å²) in [5.74, 6) is -1.63. The van der Waals surface area contributed by atoms with E-state index in [1.807, 2.05) is 25.1 Å². The van der Waals surface area contributed by atoms with E-state index in [0.717, 1.165) is 16.8 Å². The summed E-state index contributed by atoms with van der Waals surface area (Å²) < 4.78 is 0. The van der Waals surface area contributed by atoms with E-state index in [2.05, 4.69) is 10.1 Å². The second-order valence-corrected chi connectivity index (χ2v) is 5.92. The van der Waals surface area contributed by atoms with E-state index in [1.165, 1.54) is 0 Å². The van der Waals surface area contributed by atoms with Crippen molar-refractivity contribution in [2.45, 2.75) is 19.9 Å². The number of hydrogen-bond donors (Lipinski definition) is 1. The number of hydrazone groups is 1. The Morgan fingerprint density at radius 2 is 2.04 bits per heavy atom. The SMILES string of the molecule is CC1=NN(c2cccc(Cl)c2C)C(c2cccnc2)C1C(=O)O. The standard InChI is InChI=1S/C17H16ClN3O2/c1-10-13(18)6-3-7-14(10)21-16(12-5-4-8-19-9-12)15(17(22)23)11(2)20-21/h3-9,15-16H,1-2H3,(H,22,23). The van der Waals surface area contributed by atoms with Crippen molar-refractivity contribution in [3.05, 3.63) is 58.9 Å². The lowest BCUT2D eigenvalue weighted by atomic mass is 9.91. The molecule has 3 rings (SSSR count). The van der Waals surface area contributed by atoms with Crippen molar-refractivity contribution in [3.63, 3.8) is 0 Å². The van der Waals surface area contributed by atoms with Gasteiger partial charge in [-0.25, -0.2) is 0 Å². The largest absolute Gasteiger partial charge is 0.481 e. The number of aromatic nitrogens is 1. The van der Waals surface area contributed by atoms with Gasteiger partial charge in [0.15, 0.2) is 0 Å². The first kappa shape index (κ1) is 15.5. The van der Waals surface area contributed by atoms with Crippen molar-refractivity contribution >= 4 is 29.0 Å². The summed E-state index contributed by atoms with van der Waals surface area (Å²) in [6.45, 7) is 3.64. The van der Waals surface area contributed by atoms with E-state index < -0.39 is 17.9 Å². The van der Waals surface area contributed by atoms with Gasteiger partial charge in [0.05, 0.1) is 17.4 Å². The third-order valence-corrected chi connectivity index (χ3v) is 4.48. The van der Waals surface area contributed by atoms with Crippen molar-refractivity contribution in [2.75, 3.05) is 5.01 Å². The van der Waals surface area contributed by atoms with Gasteiger partial charge in [-0.1, -0.05) is 23.7 Å². The van der Waals surface area contributed by atoms with Crippen LogP contribution in [0.15, 0.2) is 47.8 Å². The Labute approximate surface area is 139 Å². The summed E-state index contributed by atoms with van der Waals surface area (Å²) in [5.41, 5.74) is 3.03. The molecule has 118 valence electrons. The number of halogens is 1. The molecule has 0 fully saturated rings. The molecule has 2 heterocycles. The molecule has 5 nitrogen and oxygen atoms in total. The van der Waals surface area contributed by atoms with E-state index in [0.29, 0.717) is 10.7 Å². The Kier molecular flexibility index (Phi) is 4.05. The van der Waals surface area contributed by atoms with Crippen LogP contribution in [0.5, 0.6) is 0 Å². The fraction of sp³-hybridized carbons (Fsp3) is 0.235. The van der Waals surface area contributed by atoms with E-state index >= 15 is 0 Å². The van der Waals surface area contributed by atoms with Crippen LogP contribution in [0.1, 0.15) is 24.1 Å². The minimum Gasteiger partial charge on any atom is -0.481 e. The van der Waals surface area contributed by atoms with Gasteiger partial charge in [0, 0.05) is 17.4 Å². The van der Waals surface area contributed by atoms with Crippen LogP contribution in [-0.2, 0) is 4.79 Å². The van der Waals surface area contributed by atoms with Crippen LogP contribution in [0, 0.1) is 12.8 Å². The molecule has 0 bridgehead atoms. The zero-order valence-electron chi connectivity index (χ0n) is 12.8. The number of carboxylic acids is 1. The van der Waals surface area contributed by atoms with E-state index in [4.69, 9.17) is 11.6 Å². The third kappa shape index (κ3) is 2.68. The van der Waals surface area contributed by atoms with Gasteiger partial charge in [0.25, 0.3) is 0 Å². The molecule has 1 aromatic carbocycles. The highest BCUT2D eigenvalue weighted by Gasteiger charge is 2.42. The Morgan fingerprint density at radius 3 is 2.70 bits per heavy atom. The molecule has 0 radical (unpaired) electrons. The number of aliphatic carboxylic acids is 1. The number of pyridine rings is 1. The topological polar surface area (TPSA) is 65.8 Å². The quantitative estimate of drug-likeness (QED) is 0.932. The highest BCUT2D eigenvalue weighted by molar-refractivity contribution is 6.31. The number of carboxylic acid groups (broad SMARTS) is 1. The van der Waals surface area contributed by atoms with Crippen LogP contribution in [0.2, 0.25) is 5.02 Å².